The third-order valence-electron chi connectivity index (χ3n) is 4.17. The molecule has 0 aromatic heterocycles. The largest absolute Gasteiger partial charge is 0.493 e. The molecule has 1 aliphatic heterocycles. The zero-order chi connectivity index (χ0) is 11.7. The first kappa shape index (κ1) is 13.7. The van der Waals surface area contributed by atoms with Crippen LogP contribution in [-0.2, 0) is 5.41 Å². The predicted octanol–water partition coefficient (Wildman–Crippen LogP) is 3.15. The molecule has 3 rings (SSSR count). The smallest absolute Gasteiger partial charge is 0.123 e. The van der Waals surface area contributed by atoms with Gasteiger partial charge in [0.15, 0.2) is 0 Å². The summed E-state index contributed by atoms with van der Waals surface area (Å²) in [7, 11) is 0. The minimum Gasteiger partial charge on any atom is -0.493 e. The van der Waals surface area contributed by atoms with Crippen LogP contribution in [0.5, 0.6) is 5.75 Å². The molecule has 1 unspecified atom stereocenters. The quantitative estimate of drug-likeness (QED) is 0.905. The summed E-state index contributed by atoms with van der Waals surface area (Å²) in [5.41, 5.74) is 1.80. The molecule has 1 heterocycles. The average Bonchev–Trinajstić information content (AvgIpc) is 2.91. The van der Waals surface area contributed by atoms with Crippen LogP contribution in [0.1, 0.15) is 31.7 Å². The summed E-state index contributed by atoms with van der Waals surface area (Å²) >= 11 is 0. The van der Waals surface area contributed by atoms with Crippen molar-refractivity contribution in [2.24, 2.45) is 5.92 Å². The first-order valence-electron chi connectivity index (χ1n) is 6.71. The van der Waals surface area contributed by atoms with Crippen molar-refractivity contribution in [2.45, 2.75) is 31.6 Å². The number of benzene rings is 1. The zero-order valence-corrected chi connectivity index (χ0v) is 11.8. The number of para-hydroxylation sites is 1. The minimum atomic E-state index is 0. The molecule has 1 aromatic carbocycles. The number of rotatable bonds is 4. The summed E-state index contributed by atoms with van der Waals surface area (Å²) in [4.78, 5) is 0. The summed E-state index contributed by atoms with van der Waals surface area (Å²) in [6.45, 7) is 5.46. The molecule has 1 aliphatic carbocycles. The van der Waals surface area contributed by atoms with Gasteiger partial charge in [-0.05, 0) is 37.3 Å². The van der Waals surface area contributed by atoms with Crippen LogP contribution in [0.15, 0.2) is 24.3 Å². The van der Waals surface area contributed by atoms with Crippen molar-refractivity contribution in [1.29, 1.82) is 0 Å². The highest BCUT2D eigenvalue weighted by Crippen LogP contribution is 2.50. The van der Waals surface area contributed by atoms with Crippen LogP contribution in [0.25, 0.3) is 0 Å². The lowest BCUT2D eigenvalue weighted by Gasteiger charge is -2.17. The Morgan fingerprint density at radius 1 is 1.33 bits per heavy atom. The molecule has 2 nitrogen and oxygen atoms in total. The monoisotopic (exact) mass is 267 g/mol. The molecule has 0 spiro atoms. The molecule has 2 aliphatic rings. The molecule has 1 saturated carbocycles. The van der Waals surface area contributed by atoms with Crippen molar-refractivity contribution in [3.63, 3.8) is 0 Å². The van der Waals surface area contributed by atoms with E-state index in [0.717, 1.165) is 25.4 Å². The Morgan fingerprint density at radius 3 is 2.78 bits per heavy atom. The van der Waals surface area contributed by atoms with Gasteiger partial charge in [-0.1, -0.05) is 25.1 Å². The molecule has 18 heavy (non-hydrogen) atoms. The van der Waals surface area contributed by atoms with Crippen molar-refractivity contribution in [3.8, 4) is 5.75 Å². The van der Waals surface area contributed by atoms with E-state index in [1.54, 1.807) is 0 Å². The molecule has 1 aromatic rings. The predicted molar refractivity (Wildman–Crippen MR) is 76.7 cm³/mol. The summed E-state index contributed by atoms with van der Waals surface area (Å²) in [5, 5.41) is 3.39. The first-order valence-corrected chi connectivity index (χ1v) is 6.71. The number of hydrogen-bond donors (Lipinski definition) is 1. The van der Waals surface area contributed by atoms with Crippen LogP contribution < -0.4 is 10.1 Å². The van der Waals surface area contributed by atoms with E-state index in [1.807, 2.05) is 0 Å². The SMILES string of the molecule is CC1(c2ccccc2OCC2CCNC2)CC1.Cl. The van der Waals surface area contributed by atoms with Crippen LogP contribution in [-0.4, -0.2) is 19.7 Å². The number of halogens is 1. The summed E-state index contributed by atoms with van der Waals surface area (Å²) in [6.07, 6.45) is 3.86. The fourth-order valence-corrected chi connectivity index (χ4v) is 2.61. The molecular formula is C15H22ClNO. The Hall–Kier alpha value is -0.730. The van der Waals surface area contributed by atoms with Gasteiger partial charge in [0.2, 0.25) is 0 Å². The van der Waals surface area contributed by atoms with E-state index < -0.39 is 0 Å². The third-order valence-corrected chi connectivity index (χ3v) is 4.17. The molecular weight excluding hydrogens is 246 g/mol. The first-order chi connectivity index (χ1) is 8.28. The topological polar surface area (TPSA) is 21.3 Å². The van der Waals surface area contributed by atoms with Crippen molar-refractivity contribution in [3.05, 3.63) is 29.8 Å². The van der Waals surface area contributed by atoms with Gasteiger partial charge in [0.25, 0.3) is 0 Å². The number of hydrogen-bond acceptors (Lipinski definition) is 2. The van der Waals surface area contributed by atoms with Crippen molar-refractivity contribution < 1.29 is 4.74 Å². The Balaban J connectivity index is 0.00000120. The van der Waals surface area contributed by atoms with E-state index in [4.69, 9.17) is 4.74 Å². The van der Waals surface area contributed by atoms with Crippen LogP contribution in [0.4, 0.5) is 0 Å². The van der Waals surface area contributed by atoms with E-state index >= 15 is 0 Å². The van der Waals surface area contributed by atoms with E-state index in [9.17, 15) is 0 Å². The Morgan fingerprint density at radius 2 is 2.11 bits per heavy atom. The molecule has 1 atom stereocenters. The second kappa shape index (κ2) is 5.50. The lowest BCUT2D eigenvalue weighted by Crippen LogP contribution is -2.16. The van der Waals surface area contributed by atoms with Crippen molar-refractivity contribution >= 4 is 12.4 Å². The maximum absolute atomic E-state index is 6.05. The maximum atomic E-state index is 6.05. The highest BCUT2D eigenvalue weighted by molar-refractivity contribution is 5.85. The molecule has 1 N–H and O–H groups in total. The number of ether oxygens (including phenoxy) is 1. The van der Waals surface area contributed by atoms with Gasteiger partial charge in [0.1, 0.15) is 5.75 Å². The standard InChI is InChI=1S/C15H21NO.ClH/c1-15(7-8-15)13-4-2-3-5-14(13)17-11-12-6-9-16-10-12;/h2-5,12,16H,6-11H2,1H3;1H. The highest BCUT2D eigenvalue weighted by atomic mass is 35.5. The van der Waals surface area contributed by atoms with Gasteiger partial charge in [0, 0.05) is 18.0 Å². The molecule has 0 amide bonds. The summed E-state index contributed by atoms with van der Waals surface area (Å²) in [5.74, 6) is 1.80. The van der Waals surface area contributed by atoms with E-state index in [2.05, 4.69) is 36.5 Å². The van der Waals surface area contributed by atoms with Gasteiger partial charge in [-0.25, -0.2) is 0 Å². The molecule has 0 bridgehead atoms. The highest BCUT2D eigenvalue weighted by Gasteiger charge is 2.41. The molecule has 100 valence electrons. The van der Waals surface area contributed by atoms with Gasteiger partial charge in [-0.15, -0.1) is 12.4 Å². The van der Waals surface area contributed by atoms with E-state index in [-0.39, 0.29) is 12.4 Å². The minimum absolute atomic E-state index is 0. The maximum Gasteiger partial charge on any atom is 0.123 e. The van der Waals surface area contributed by atoms with E-state index in [0.29, 0.717) is 11.3 Å². The Bertz CT molecular complexity index is 397. The summed E-state index contributed by atoms with van der Waals surface area (Å²) in [6, 6.07) is 8.57. The normalized spacial score (nSPS) is 24.4. The molecule has 3 heteroatoms. The molecule has 2 fully saturated rings. The molecule has 0 radical (unpaired) electrons. The second-order valence-corrected chi connectivity index (χ2v) is 5.73. The van der Waals surface area contributed by atoms with Crippen LogP contribution in [0, 0.1) is 5.92 Å². The van der Waals surface area contributed by atoms with Crippen LogP contribution in [0.2, 0.25) is 0 Å². The molecule has 1 saturated heterocycles. The fraction of sp³-hybridized carbons (Fsp3) is 0.600. The fourth-order valence-electron chi connectivity index (χ4n) is 2.61. The Labute approximate surface area is 116 Å². The lowest BCUT2D eigenvalue weighted by atomic mass is 9.97. The average molecular weight is 268 g/mol. The zero-order valence-electron chi connectivity index (χ0n) is 10.9. The van der Waals surface area contributed by atoms with Gasteiger partial charge in [-0.3, -0.25) is 0 Å². The van der Waals surface area contributed by atoms with E-state index in [1.165, 1.54) is 24.8 Å². The van der Waals surface area contributed by atoms with Crippen molar-refractivity contribution in [2.75, 3.05) is 19.7 Å². The lowest BCUT2D eigenvalue weighted by molar-refractivity contribution is 0.256. The van der Waals surface area contributed by atoms with Gasteiger partial charge in [-0.2, -0.15) is 0 Å². The van der Waals surface area contributed by atoms with Crippen LogP contribution in [0.3, 0.4) is 0 Å². The van der Waals surface area contributed by atoms with Crippen LogP contribution >= 0.6 is 12.4 Å². The van der Waals surface area contributed by atoms with Gasteiger partial charge in [0.05, 0.1) is 6.61 Å². The van der Waals surface area contributed by atoms with Gasteiger partial charge >= 0.3 is 0 Å². The van der Waals surface area contributed by atoms with Crippen molar-refractivity contribution in [1.82, 2.24) is 5.32 Å². The Kier molecular flexibility index (Phi) is 4.18. The summed E-state index contributed by atoms with van der Waals surface area (Å²) < 4.78 is 6.05. The second-order valence-electron chi connectivity index (χ2n) is 5.73. The van der Waals surface area contributed by atoms with Gasteiger partial charge < -0.3 is 10.1 Å². The number of nitrogens with one attached hydrogen (secondary N) is 1. The third kappa shape index (κ3) is 2.81.